The van der Waals surface area contributed by atoms with Gasteiger partial charge in [-0.25, -0.2) is 17.7 Å². The van der Waals surface area contributed by atoms with Crippen LogP contribution in [0, 0.1) is 21.4 Å². The van der Waals surface area contributed by atoms with Gasteiger partial charge in [0, 0.05) is 5.56 Å². The van der Waals surface area contributed by atoms with E-state index in [1.807, 2.05) is 0 Å². The van der Waals surface area contributed by atoms with Crippen molar-refractivity contribution in [2.45, 2.75) is 0 Å². The number of carbonyl (C=O) groups is 1. The van der Waals surface area contributed by atoms with Crippen molar-refractivity contribution in [2.24, 2.45) is 0 Å². The number of aromatic hydroxyl groups is 1. The summed E-state index contributed by atoms with van der Waals surface area (Å²) in [4.78, 5) is 11.9. The molecule has 0 radical (unpaired) electrons. The fraction of sp³-hybridized carbons (Fsp3) is 0. The van der Waals surface area contributed by atoms with Crippen LogP contribution in [0.3, 0.4) is 0 Å². The molecule has 0 saturated carbocycles. The summed E-state index contributed by atoms with van der Waals surface area (Å²) in [6.45, 7) is 0. The van der Waals surface area contributed by atoms with Crippen molar-refractivity contribution in [2.75, 3.05) is 0 Å². The highest BCUT2D eigenvalue weighted by Gasteiger charge is 2.18. The molecule has 0 saturated heterocycles. The van der Waals surface area contributed by atoms with Gasteiger partial charge in [0.05, 0.1) is 5.38 Å². The number of aromatic nitrogens is 1. The molecule has 1 aromatic heterocycles. The number of hydrogen-bond acceptors (Lipinski definition) is 4. The Morgan fingerprint density at radius 1 is 1.28 bits per heavy atom. The van der Waals surface area contributed by atoms with Crippen LogP contribution in [0.1, 0.15) is 10.4 Å². The van der Waals surface area contributed by atoms with Crippen LogP contribution in [-0.4, -0.2) is 15.6 Å². The van der Waals surface area contributed by atoms with E-state index in [2.05, 4.69) is 0 Å². The highest BCUT2D eigenvalue weighted by molar-refractivity contribution is 7.73. The van der Waals surface area contributed by atoms with E-state index in [1.54, 1.807) is 0 Å². The highest BCUT2D eigenvalue weighted by atomic mass is 32.1. The van der Waals surface area contributed by atoms with E-state index in [9.17, 15) is 23.1 Å². The predicted octanol–water partition coefficient (Wildman–Crippen LogP) is 3.09. The third-order valence-electron chi connectivity index (χ3n) is 2.11. The fourth-order valence-electron chi connectivity index (χ4n) is 1.30. The molecule has 0 unspecified atom stereocenters. The van der Waals surface area contributed by atoms with Gasteiger partial charge in [-0.3, -0.25) is 4.79 Å². The highest BCUT2D eigenvalue weighted by Crippen LogP contribution is 2.21. The van der Waals surface area contributed by atoms with Gasteiger partial charge in [0.15, 0.2) is 21.4 Å². The lowest BCUT2D eigenvalue weighted by atomic mass is 10.2. The summed E-state index contributed by atoms with van der Waals surface area (Å²) in [7, 11) is 0. The summed E-state index contributed by atoms with van der Waals surface area (Å²) < 4.78 is 39.4. The second-order valence-electron chi connectivity index (χ2n) is 3.25. The quantitative estimate of drug-likeness (QED) is 0.648. The van der Waals surface area contributed by atoms with E-state index in [1.165, 1.54) is 5.38 Å². The molecule has 0 aliphatic carbocycles. The SMILES string of the molecule is O=C(c1cc(F)c(F)c(F)c1)n1c(O)csc1=S. The third kappa shape index (κ3) is 2.04. The molecule has 0 fully saturated rings. The first-order chi connectivity index (χ1) is 8.41. The van der Waals surface area contributed by atoms with Crippen molar-refractivity contribution in [1.82, 2.24) is 4.57 Å². The van der Waals surface area contributed by atoms with Crippen LogP contribution in [0.2, 0.25) is 0 Å². The zero-order chi connectivity index (χ0) is 13.4. The molecule has 0 bridgehead atoms. The zero-order valence-corrected chi connectivity index (χ0v) is 10.1. The average molecular weight is 291 g/mol. The van der Waals surface area contributed by atoms with E-state index in [0.29, 0.717) is 16.7 Å². The van der Waals surface area contributed by atoms with Crippen LogP contribution in [0.15, 0.2) is 17.5 Å². The lowest BCUT2D eigenvalue weighted by Gasteiger charge is -2.04. The van der Waals surface area contributed by atoms with Gasteiger partial charge in [-0.2, -0.15) is 0 Å². The summed E-state index contributed by atoms with van der Waals surface area (Å²) in [5, 5.41) is 10.6. The molecule has 0 amide bonds. The molecule has 2 rings (SSSR count). The first-order valence-electron chi connectivity index (χ1n) is 4.50. The number of halogens is 3. The van der Waals surface area contributed by atoms with Gasteiger partial charge in [-0.1, -0.05) is 0 Å². The number of carbonyl (C=O) groups excluding carboxylic acids is 1. The number of rotatable bonds is 1. The summed E-state index contributed by atoms with van der Waals surface area (Å²) in [5.41, 5.74) is -0.448. The summed E-state index contributed by atoms with van der Waals surface area (Å²) in [5.74, 6) is -6.01. The third-order valence-corrected chi connectivity index (χ3v) is 3.29. The van der Waals surface area contributed by atoms with Gasteiger partial charge in [0.25, 0.3) is 5.91 Å². The second kappa shape index (κ2) is 4.54. The van der Waals surface area contributed by atoms with Gasteiger partial charge in [-0.15, -0.1) is 11.3 Å². The van der Waals surface area contributed by atoms with E-state index >= 15 is 0 Å². The first-order valence-corrected chi connectivity index (χ1v) is 5.79. The van der Waals surface area contributed by atoms with Gasteiger partial charge >= 0.3 is 0 Å². The Hall–Kier alpha value is -1.67. The predicted molar refractivity (Wildman–Crippen MR) is 60.9 cm³/mol. The van der Waals surface area contributed by atoms with Crippen molar-refractivity contribution in [3.05, 3.63) is 44.5 Å². The van der Waals surface area contributed by atoms with Crippen LogP contribution in [-0.2, 0) is 0 Å². The number of thiazole rings is 1. The molecule has 8 heteroatoms. The largest absolute Gasteiger partial charge is 0.494 e. The maximum absolute atomic E-state index is 13.0. The van der Waals surface area contributed by atoms with Crippen molar-refractivity contribution in [1.29, 1.82) is 0 Å². The number of nitrogens with zero attached hydrogens (tertiary/aromatic N) is 1. The van der Waals surface area contributed by atoms with Gasteiger partial charge in [0.1, 0.15) is 0 Å². The van der Waals surface area contributed by atoms with Crippen LogP contribution >= 0.6 is 23.6 Å². The van der Waals surface area contributed by atoms with Crippen molar-refractivity contribution >= 4 is 29.5 Å². The number of benzene rings is 1. The van der Waals surface area contributed by atoms with Gasteiger partial charge < -0.3 is 5.11 Å². The minimum absolute atomic E-state index is 0.0163. The molecule has 1 heterocycles. The van der Waals surface area contributed by atoms with Crippen LogP contribution in [0.25, 0.3) is 0 Å². The fourth-order valence-corrected chi connectivity index (χ4v) is 2.21. The molecule has 1 aromatic carbocycles. The van der Waals surface area contributed by atoms with E-state index in [0.717, 1.165) is 11.3 Å². The molecule has 3 nitrogen and oxygen atoms in total. The molecule has 1 N–H and O–H groups in total. The van der Waals surface area contributed by atoms with Crippen molar-refractivity contribution in [3.63, 3.8) is 0 Å². The molecular formula is C10H4F3NO2S2. The minimum Gasteiger partial charge on any atom is -0.494 e. The summed E-state index contributed by atoms with van der Waals surface area (Å²) in [6, 6.07) is 1.08. The van der Waals surface area contributed by atoms with E-state index in [4.69, 9.17) is 12.2 Å². The molecule has 94 valence electrons. The molecule has 0 aliphatic rings. The van der Waals surface area contributed by atoms with Crippen LogP contribution in [0.4, 0.5) is 13.2 Å². The standard InChI is InChI=1S/C10H4F3NO2S2/c11-5-1-4(2-6(12)8(5)13)9(16)14-7(15)3-18-10(14)17/h1-3,15H. The smallest absolute Gasteiger partial charge is 0.266 e. The maximum Gasteiger partial charge on any atom is 0.266 e. The second-order valence-corrected chi connectivity index (χ2v) is 4.76. The van der Waals surface area contributed by atoms with E-state index in [-0.39, 0.29) is 3.95 Å². The van der Waals surface area contributed by atoms with E-state index < -0.39 is 34.8 Å². The topological polar surface area (TPSA) is 42.2 Å². The average Bonchev–Trinajstić information content (AvgIpc) is 2.64. The molecule has 0 spiro atoms. The Kier molecular flexibility index (Phi) is 3.22. The molecule has 0 atom stereocenters. The summed E-state index contributed by atoms with van der Waals surface area (Å²) >= 11 is 5.69. The Morgan fingerprint density at radius 2 is 1.83 bits per heavy atom. The zero-order valence-electron chi connectivity index (χ0n) is 8.49. The Bertz CT molecular complexity index is 670. The molecule has 0 aliphatic heterocycles. The minimum atomic E-state index is -1.66. The van der Waals surface area contributed by atoms with Crippen molar-refractivity contribution in [3.8, 4) is 5.88 Å². The normalized spacial score (nSPS) is 10.6. The Labute approximate surface area is 108 Å². The molecule has 2 aromatic rings. The van der Waals surface area contributed by atoms with Crippen LogP contribution in [0.5, 0.6) is 5.88 Å². The lowest BCUT2D eigenvalue weighted by molar-refractivity contribution is 0.0949. The Morgan fingerprint density at radius 3 is 2.28 bits per heavy atom. The molecule has 18 heavy (non-hydrogen) atoms. The molecular weight excluding hydrogens is 287 g/mol. The maximum atomic E-state index is 13.0. The Balaban J connectivity index is 2.57. The van der Waals surface area contributed by atoms with Gasteiger partial charge in [-0.05, 0) is 24.4 Å². The van der Waals surface area contributed by atoms with Crippen LogP contribution < -0.4 is 0 Å². The van der Waals surface area contributed by atoms with Crippen molar-refractivity contribution < 1.29 is 23.1 Å². The van der Waals surface area contributed by atoms with Gasteiger partial charge in [0.2, 0.25) is 5.88 Å². The lowest BCUT2D eigenvalue weighted by Crippen LogP contribution is -2.12. The summed E-state index contributed by atoms with van der Waals surface area (Å²) in [6.07, 6.45) is 0. The monoisotopic (exact) mass is 291 g/mol. The number of hydrogen-bond donors (Lipinski definition) is 1. The first kappa shape index (κ1) is 12.8.